The maximum Gasteiger partial charge on any atom is 0.306 e. The lowest BCUT2D eigenvalue weighted by Crippen LogP contribution is -2.36. The van der Waals surface area contributed by atoms with Gasteiger partial charge in [-0.3, -0.25) is 9.59 Å². The van der Waals surface area contributed by atoms with E-state index in [1.807, 2.05) is 38.1 Å². The van der Waals surface area contributed by atoms with E-state index in [1.54, 1.807) is 11.4 Å². The van der Waals surface area contributed by atoms with Crippen molar-refractivity contribution in [1.29, 1.82) is 0 Å². The van der Waals surface area contributed by atoms with Gasteiger partial charge in [0, 0.05) is 42.3 Å². The zero-order chi connectivity index (χ0) is 24.2. The minimum absolute atomic E-state index is 0.102. The molecule has 4 rings (SSSR count). The lowest BCUT2D eigenvalue weighted by atomic mass is 10.1. The summed E-state index contributed by atoms with van der Waals surface area (Å²) in [6.07, 6.45) is -0.425. The van der Waals surface area contributed by atoms with Gasteiger partial charge < -0.3 is 25.4 Å². The number of aryl methyl sites for hydroxylation is 2. The summed E-state index contributed by atoms with van der Waals surface area (Å²) in [6.45, 7) is 8.37. The summed E-state index contributed by atoms with van der Waals surface area (Å²) in [4.78, 5) is 35.6. The van der Waals surface area contributed by atoms with E-state index in [4.69, 9.17) is 15.2 Å². The Morgan fingerprint density at radius 3 is 2.59 bits per heavy atom. The number of ether oxygens (including phenoxy) is 2. The summed E-state index contributed by atoms with van der Waals surface area (Å²) in [6, 6.07) is 7.58. The zero-order valence-electron chi connectivity index (χ0n) is 19.6. The predicted octanol–water partition coefficient (Wildman–Crippen LogP) is 1.66. The molecule has 1 aromatic carbocycles. The highest BCUT2D eigenvalue weighted by Crippen LogP contribution is 2.20. The molecule has 1 atom stereocenters. The van der Waals surface area contributed by atoms with E-state index in [2.05, 4.69) is 25.3 Å². The van der Waals surface area contributed by atoms with Gasteiger partial charge in [-0.05, 0) is 57.0 Å². The molecule has 1 saturated heterocycles. The minimum atomic E-state index is -0.927. The minimum Gasteiger partial charge on any atom is -0.453 e. The molecule has 1 amide bonds. The predicted molar refractivity (Wildman–Crippen MR) is 127 cm³/mol. The van der Waals surface area contributed by atoms with Crippen LogP contribution >= 0.6 is 0 Å². The van der Waals surface area contributed by atoms with Crippen molar-refractivity contribution in [2.24, 2.45) is 0 Å². The molecule has 0 aliphatic carbocycles. The Hall–Kier alpha value is -3.73. The van der Waals surface area contributed by atoms with E-state index < -0.39 is 12.1 Å². The molecule has 1 unspecified atom stereocenters. The smallest absolute Gasteiger partial charge is 0.306 e. The highest BCUT2D eigenvalue weighted by Gasteiger charge is 2.20. The number of carbonyl (C=O) groups is 2. The van der Waals surface area contributed by atoms with Crippen LogP contribution in [0.3, 0.4) is 0 Å². The van der Waals surface area contributed by atoms with Crippen LogP contribution in [0, 0.1) is 13.8 Å². The summed E-state index contributed by atoms with van der Waals surface area (Å²) in [5.41, 5.74) is 9.80. The summed E-state index contributed by atoms with van der Waals surface area (Å²) in [5, 5.41) is 6.92. The Balaban J connectivity index is 1.29. The third kappa shape index (κ3) is 5.25. The number of nitrogens with two attached hydrogens (primary N) is 1. The van der Waals surface area contributed by atoms with Crippen LogP contribution in [0.15, 0.2) is 24.3 Å². The van der Waals surface area contributed by atoms with E-state index in [0.717, 1.165) is 35.7 Å². The van der Waals surface area contributed by atoms with Crippen molar-refractivity contribution in [1.82, 2.24) is 19.6 Å². The number of carbonyl (C=O) groups excluding carboxylic acids is 2. The fourth-order valence-electron chi connectivity index (χ4n) is 3.94. The second-order valence-electron chi connectivity index (χ2n) is 8.21. The van der Waals surface area contributed by atoms with Crippen molar-refractivity contribution in [3.05, 3.63) is 41.2 Å². The van der Waals surface area contributed by atoms with Crippen LogP contribution in [0.25, 0.3) is 5.78 Å². The van der Waals surface area contributed by atoms with Crippen LogP contribution in [0.5, 0.6) is 0 Å². The number of benzene rings is 1. The third-order valence-electron chi connectivity index (χ3n) is 5.83. The summed E-state index contributed by atoms with van der Waals surface area (Å²) in [7, 11) is 0. The Morgan fingerprint density at radius 2 is 1.88 bits per heavy atom. The number of hydrogen-bond donors (Lipinski definition) is 2. The SMILES string of the molecule is Cc1nc2nc(N)nn2c(C)c1CCC(=O)OC(C)C(=O)Nc1ccc(N2CCOCC2)cc1. The van der Waals surface area contributed by atoms with Crippen molar-refractivity contribution in [3.8, 4) is 0 Å². The van der Waals surface area contributed by atoms with Crippen molar-refractivity contribution in [2.75, 3.05) is 42.3 Å². The molecule has 1 aliphatic heterocycles. The first-order valence-corrected chi connectivity index (χ1v) is 11.2. The van der Waals surface area contributed by atoms with Crippen LogP contribution < -0.4 is 16.0 Å². The number of anilines is 3. The monoisotopic (exact) mass is 467 g/mol. The Kier molecular flexibility index (Phi) is 6.92. The zero-order valence-corrected chi connectivity index (χ0v) is 19.6. The van der Waals surface area contributed by atoms with Gasteiger partial charge >= 0.3 is 5.97 Å². The molecule has 34 heavy (non-hydrogen) atoms. The van der Waals surface area contributed by atoms with E-state index in [0.29, 0.717) is 31.1 Å². The molecule has 11 nitrogen and oxygen atoms in total. The normalized spacial score (nSPS) is 14.7. The molecule has 0 saturated carbocycles. The standard InChI is InChI=1S/C23H29N7O4/c1-14-19(15(2)30-23(25-14)27-22(24)28-30)8-9-20(31)34-16(3)21(32)26-17-4-6-18(7-5-17)29-10-12-33-13-11-29/h4-7,16H,8-13H2,1-3H3,(H2,24,28)(H,26,32). The molecule has 11 heteroatoms. The lowest BCUT2D eigenvalue weighted by Gasteiger charge is -2.28. The molecule has 1 fully saturated rings. The number of rotatable bonds is 7. The lowest BCUT2D eigenvalue weighted by molar-refractivity contribution is -0.153. The van der Waals surface area contributed by atoms with Gasteiger partial charge in [0.25, 0.3) is 11.7 Å². The number of nitrogens with zero attached hydrogens (tertiary/aromatic N) is 5. The van der Waals surface area contributed by atoms with E-state index in [1.165, 1.54) is 0 Å². The first-order valence-electron chi connectivity index (χ1n) is 11.2. The van der Waals surface area contributed by atoms with Crippen LogP contribution in [0.2, 0.25) is 0 Å². The average Bonchev–Trinajstić information content (AvgIpc) is 3.20. The van der Waals surface area contributed by atoms with Crippen molar-refractivity contribution in [3.63, 3.8) is 0 Å². The van der Waals surface area contributed by atoms with Gasteiger partial charge in [0.05, 0.1) is 13.2 Å². The molecule has 0 radical (unpaired) electrons. The molecule has 3 heterocycles. The summed E-state index contributed by atoms with van der Waals surface area (Å²) >= 11 is 0. The number of aromatic nitrogens is 4. The number of amides is 1. The first kappa shape index (κ1) is 23.4. The molecular weight excluding hydrogens is 438 g/mol. The maximum atomic E-state index is 12.5. The Labute approximate surface area is 197 Å². The van der Waals surface area contributed by atoms with E-state index in [9.17, 15) is 9.59 Å². The molecule has 3 aromatic rings. The second kappa shape index (κ2) is 10.0. The van der Waals surface area contributed by atoms with E-state index in [-0.39, 0.29) is 18.3 Å². The van der Waals surface area contributed by atoms with Gasteiger partial charge in [0.15, 0.2) is 6.10 Å². The second-order valence-corrected chi connectivity index (χ2v) is 8.21. The molecular formula is C23H29N7O4. The molecule has 3 N–H and O–H groups in total. The van der Waals surface area contributed by atoms with E-state index >= 15 is 0 Å². The van der Waals surface area contributed by atoms with Crippen LogP contribution in [-0.2, 0) is 25.5 Å². The van der Waals surface area contributed by atoms with Gasteiger partial charge in [0.2, 0.25) is 5.95 Å². The van der Waals surface area contributed by atoms with Crippen molar-refractivity contribution < 1.29 is 19.1 Å². The molecule has 0 spiro atoms. The van der Waals surface area contributed by atoms with Crippen LogP contribution in [0.1, 0.15) is 30.3 Å². The van der Waals surface area contributed by atoms with Gasteiger partial charge in [0.1, 0.15) is 0 Å². The van der Waals surface area contributed by atoms with Gasteiger partial charge in [-0.15, -0.1) is 5.10 Å². The number of nitrogen functional groups attached to an aromatic ring is 1. The van der Waals surface area contributed by atoms with Gasteiger partial charge in [-0.1, -0.05) is 0 Å². The first-order chi connectivity index (χ1) is 16.3. The summed E-state index contributed by atoms with van der Waals surface area (Å²) < 4.78 is 12.3. The molecule has 180 valence electrons. The fraction of sp³-hybridized carbons (Fsp3) is 0.435. The fourth-order valence-corrected chi connectivity index (χ4v) is 3.94. The van der Waals surface area contributed by atoms with Gasteiger partial charge in [-0.2, -0.15) is 9.50 Å². The number of morpholine rings is 1. The van der Waals surface area contributed by atoms with Crippen molar-refractivity contribution in [2.45, 2.75) is 39.7 Å². The molecule has 2 aromatic heterocycles. The number of esters is 1. The largest absolute Gasteiger partial charge is 0.453 e. The number of fused-ring (bicyclic) bond motifs is 1. The molecule has 1 aliphatic rings. The summed E-state index contributed by atoms with van der Waals surface area (Å²) in [5.74, 6) is -0.299. The number of nitrogens with one attached hydrogen (secondary N) is 1. The van der Waals surface area contributed by atoms with Crippen molar-refractivity contribution >= 4 is 35.0 Å². The topological polar surface area (TPSA) is 137 Å². The highest BCUT2D eigenvalue weighted by molar-refractivity contribution is 5.95. The highest BCUT2D eigenvalue weighted by atomic mass is 16.5. The average molecular weight is 468 g/mol. The molecule has 0 bridgehead atoms. The van der Waals surface area contributed by atoms with Crippen LogP contribution in [-0.4, -0.2) is 63.9 Å². The van der Waals surface area contributed by atoms with Gasteiger partial charge in [-0.25, -0.2) is 4.98 Å². The number of hydrogen-bond acceptors (Lipinski definition) is 9. The Bertz CT molecular complexity index is 1190. The third-order valence-corrected chi connectivity index (χ3v) is 5.83. The Morgan fingerprint density at radius 1 is 1.18 bits per heavy atom. The quantitative estimate of drug-likeness (QED) is 0.497. The van der Waals surface area contributed by atoms with Crippen LogP contribution in [0.4, 0.5) is 17.3 Å². The maximum absolute atomic E-state index is 12.5.